The van der Waals surface area contributed by atoms with E-state index >= 15 is 0 Å². The van der Waals surface area contributed by atoms with E-state index in [0.717, 1.165) is 5.56 Å². The Morgan fingerprint density at radius 1 is 1.62 bits per heavy atom. The zero-order valence-corrected chi connectivity index (χ0v) is 6.82. The maximum atomic E-state index is 10.8. The van der Waals surface area contributed by atoms with Crippen LogP contribution in [0.4, 0.5) is 0 Å². The van der Waals surface area contributed by atoms with E-state index in [1.165, 1.54) is 6.20 Å². The maximum absolute atomic E-state index is 10.8. The number of pyridine rings is 1. The third-order valence-corrected chi connectivity index (χ3v) is 1.97. The number of nitrogens with zero attached hydrogens (tertiary/aromatic N) is 1. The highest BCUT2D eigenvalue weighted by Gasteiger charge is 2.17. The van der Waals surface area contributed by atoms with E-state index in [-0.39, 0.29) is 5.57 Å². The number of aromatic nitrogens is 1. The third-order valence-electron chi connectivity index (χ3n) is 1.97. The Kier molecular flexibility index (Phi) is 1.73. The molecule has 0 aliphatic carbocycles. The molecule has 2 N–H and O–H groups in total. The maximum Gasteiger partial charge on any atom is 0.337 e. The van der Waals surface area contributed by atoms with Gasteiger partial charge in [-0.1, -0.05) is 0 Å². The molecular weight excluding hydrogens is 168 g/mol. The van der Waals surface area contributed by atoms with Gasteiger partial charge < -0.3 is 10.4 Å². The predicted octanol–water partition coefficient (Wildman–Crippen LogP) is 0.610. The van der Waals surface area contributed by atoms with E-state index < -0.39 is 5.97 Å². The first kappa shape index (κ1) is 7.79. The topological polar surface area (TPSA) is 62.2 Å². The summed E-state index contributed by atoms with van der Waals surface area (Å²) in [6.07, 6.45) is 4.74. The molecule has 1 aliphatic rings. The Hall–Kier alpha value is -1.84. The van der Waals surface area contributed by atoms with Crippen molar-refractivity contribution in [1.82, 2.24) is 10.3 Å². The van der Waals surface area contributed by atoms with Gasteiger partial charge in [-0.25, -0.2) is 4.79 Å². The summed E-state index contributed by atoms with van der Waals surface area (Å²) in [4.78, 5) is 14.7. The molecule has 0 amide bonds. The molecule has 2 rings (SSSR count). The van der Waals surface area contributed by atoms with Crippen molar-refractivity contribution in [3.63, 3.8) is 0 Å². The third kappa shape index (κ3) is 1.26. The van der Waals surface area contributed by atoms with E-state index in [9.17, 15) is 4.79 Å². The van der Waals surface area contributed by atoms with Crippen LogP contribution in [0.1, 0.15) is 11.1 Å². The van der Waals surface area contributed by atoms with Crippen LogP contribution in [0, 0.1) is 0 Å². The van der Waals surface area contributed by atoms with Crippen molar-refractivity contribution in [2.75, 3.05) is 0 Å². The zero-order chi connectivity index (χ0) is 9.26. The van der Waals surface area contributed by atoms with Crippen LogP contribution in [0.2, 0.25) is 0 Å². The lowest BCUT2D eigenvalue weighted by Gasteiger charge is -2.14. The molecule has 0 radical (unpaired) electrons. The van der Waals surface area contributed by atoms with Gasteiger partial charge in [-0.15, -0.1) is 0 Å². The average molecular weight is 176 g/mol. The largest absolute Gasteiger partial charge is 0.478 e. The fourth-order valence-corrected chi connectivity index (χ4v) is 1.34. The number of carbonyl (C=O) groups is 1. The second kappa shape index (κ2) is 2.90. The fourth-order valence-electron chi connectivity index (χ4n) is 1.34. The first-order chi connectivity index (χ1) is 6.29. The van der Waals surface area contributed by atoms with Gasteiger partial charge in [-0.05, 0) is 11.6 Å². The molecule has 1 aromatic heterocycles. The van der Waals surface area contributed by atoms with E-state index in [2.05, 4.69) is 10.3 Å². The lowest BCUT2D eigenvalue weighted by atomic mass is 10.0. The SMILES string of the molecule is O=C(O)C1=CNCc2ccncc21. The Balaban J connectivity index is 2.53. The van der Waals surface area contributed by atoms with Crippen molar-refractivity contribution in [3.05, 3.63) is 35.8 Å². The monoisotopic (exact) mass is 176 g/mol. The molecule has 0 saturated heterocycles. The van der Waals surface area contributed by atoms with Gasteiger partial charge in [0.15, 0.2) is 0 Å². The Morgan fingerprint density at radius 3 is 3.23 bits per heavy atom. The summed E-state index contributed by atoms with van der Waals surface area (Å²) in [7, 11) is 0. The summed E-state index contributed by atoms with van der Waals surface area (Å²) in [5, 5.41) is 11.8. The highest BCUT2D eigenvalue weighted by atomic mass is 16.4. The minimum absolute atomic E-state index is 0.273. The number of rotatable bonds is 1. The van der Waals surface area contributed by atoms with E-state index in [1.807, 2.05) is 6.07 Å². The van der Waals surface area contributed by atoms with Crippen molar-refractivity contribution >= 4 is 11.5 Å². The zero-order valence-electron chi connectivity index (χ0n) is 6.82. The Labute approximate surface area is 74.9 Å². The van der Waals surface area contributed by atoms with Crippen LogP contribution in [0.3, 0.4) is 0 Å². The van der Waals surface area contributed by atoms with Gasteiger partial charge in [-0.3, -0.25) is 4.98 Å². The standard InChI is InChI=1S/C9H8N2O2/c12-9(13)8-5-11-3-6-1-2-10-4-7(6)8/h1-2,4-5,11H,3H2,(H,12,13). The fraction of sp³-hybridized carbons (Fsp3) is 0.111. The van der Waals surface area contributed by atoms with Gasteiger partial charge >= 0.3 is 5.97 Å². The molecule has 0 bridgehead atoms. The molecule has 0 aromatic carbocycles. The molecule has 0 fully saturated rings. The molecule has 1 aromatic rings. The normalized spacial score (nSPS) is 14.0. The molecule has 4 heteroatoms. The van der Waals surface area contributed by atoms with Gasteiger partial charge in [0.1, 0.15) is 0 Å². The van der Waals surface area contributed by atoms with Crippen molar-refractivity contribution in [1.29, 1.82) is 0 Å². The summed E-state index contributed by atoms with van der Waals surface area (Å²) in [5.41, 5.74) is 1.94. The van der Waals surface area contributed by atoms with Crippen LogP contribution in [-0.2, 0) is 11.3 Å². The quantitative estimate of drug-likeness (QED) is 0.658. The highest BCUT2D eigenvalue weighted by Crippen LogP contribution is 2.20. The molecule has 0 saturated carbocycles. The summed E-state index contributed by atoms with van der Waals surface area (Å²) in [6, 6.07) is 1.82. The smallest absolute Gasteiger partial charge is 0.337 e. The summed E-state index contributed by atoms with van der Waals surface area (Å²) >= 11 is 0. The molecule has 66 valence electrons. The van der Waals surface area contributed by atoms with E-state index in [1.54, 1.807) is 12.4 Å². The highest BCUT2D eigenvalue weighted by molar-refractivity contribution is 6.15. The number of fused-ring (bicyclic) bond motifs is 1. The lowest BCUT2D eigenvalue weighted by Crippen LogP contribution is -2.17. The number of nitrogens with one attached hydrogen (secondary N) is 1. The summed E-state index contributed by atoms with van der Waals surface area (Å²) < 4.78 is 0. The molecule has 2 heterocycles. The lowest BCUT2D eigenvalue weighted by molar-refractivity contribution is -0.130. The van der Waals surface area contributed by atoms with Crippen molar-refractivity contribution in [2.24, 2.45) is 0 Å². The van der Waals surface area contributed by atoms with Gasteiger partial charge in [-0.2, -0.15) is 0 Å². The number of hydrogen-bond acceptors (Lipinski definition) is 3. The van der Waals surface area contributed by atoms with Crippen LogP contribution >= 0.6 is 0 Å². The Morgan fingerprint density at radius 2 is 2.46 bits per heavy atom. The van der Waals surface area contributed by atoms with Crippen LogP contribution in [0.25, 0.3) is 5.57 Å². The first-order valence-electron chi connectivity index (χ1n) is 3.89. The molecule has 0 spiro atoms. The van der Waals surface area contributed by atoms with E-state index in [0.29, 0.717) is 12.1 Å². The number of carboxylic acid groups (broad SMARTS) is 1. The van der Waals surface area contributed by atoms with Crippen molar-refractivity contribution in [2.45, 2.75) is 6.54 Å². The Bertz CT molecular complexity index is 385. The van der Waals surface area contributed by atoms with Crippen LogP contribution in [0.15, 0.2) is 24.7 Å². The first-order valence-corrected chi connectivity index (χ1v) is 3.89. The molecule has 13 heavy (non-hydrogen) atoms. The molecule has 0 atom stereocenters. The van der Waals surface area contributed by atoms with Crippen LogP contribution < -0.4 is 5.32 Å². The minimum Gasteiger partial charge on any atom is -0.478 e. The summed E-state index contributed by atoms with van der Waals surface area (Å²) in [5.74, 6) is -0.929. The van der Waals surface area contributed by atoms with Gasteiger partial charge in [0, 0.05) is 30.7 Å². The van der Waals surface area contributed by atoms with Crippen molar-refractivity contribution in [3.8, 4) is 0 Å². The predicted molar refractivity (Wildman–Crippen MR) is 46.7 cm³/mol. The van der Waals surface area contributed by atoms with Gasteiger partial charge in [0.2, 0.25) is 0 Å². The summed E-state index contributed by atoms with van der Waals surface area (Å²) in [6.45, 7) is 0.661. The van der Waals surface area contributed by atoms with Crippen LogP contribution in [0.5, 0.6) is 0 Å². The van der Waals surface area contributed by atoms with Crippen molar-refractivity contribution < 1.29 is 9.90 Å². The molecule has 1 aliphatic heterocycles. The molecular formula is C9H8N2O2. The second-order valence-corrected chi connectivity index (χ2v) is 2.78. The van der Waals surface area contributed by atoms with Gasteiger partial charge in [0.25, 0.3) is 0 Å². The number of hydrogen-bond donors (Lipinski definition) is 2. The molecule has 4 nitrogen and oxygen atoms in total. The molecule has 0 unspecified atom stereocenters. The van der Waals surface area contributed by atoms with E-state index in [4.69, 9.17) is 5.11 Å². The number of carboxylic acids is 1. The average Bonchev–Trinajstić information content (AvgIpc) is 2.17. The van der Waals surface area contributed by atoms with Crippen LogP contribution in [-0.4, -0.2) is 16.1 Å². The van der Waals surface area contributed by atoms with Gasteiger partial charge in [0.05, 0.1) is 5.57 Å². The minimum atomic E-state index is -0.929. The second-order valence-electron chi connectivity index (χ2n) is 2.78. The number of aliphatic carboxylic acids is 1.